The van der Waals surface area contributed by atoms with Gasteiger partial charge in [-0.3, -0.25) is 0 Å². The van der Waals surface area contributed by atoms with Gasteiger partial charge in [0.15, 0.2) is 0 Å². The number of carbonyl (C=O) groups is 1. The minimum absolute atomic E-state index is 0.135. The van der Waals surface area contributed by atoms with Crippen molar-refractivity contribution in [2.45, 2.75) is 76.8 Å². The Balaban J connectivity index is 1.83. The molecule has 0 aromatic heterocycles. The number of unbranched alkanes of at least 4 members (excludes halogenated alkanes) is 1. The zero-order valence-corrected chi connectivity index (χ0v) is 12.8. The standard InChI is InChI=1S/C16H30N2O2/c1-2-13-7-3-4-8-15(13)17-16(20)18(14-9-10-14)11-5-6-12-19/h13-15,19H,2-12H2,1H3,(H,17,20). The van der Waals surface area contributed by atoms with Crippen LogP contribution in [0.4, 0.5) is 4.79 Å². The molecule has 4 nitrogen and oxygen atoms in total. The van der Waals surface area contributed by atoms with E-state index in [0.717, 1.165) is 38.6 Å². The summed E-state index contributed by atoms with van der Waals surface area (Å²) in [4.78, 5) is 14.5. The summed E-state index contributed by atoms with van der Waals surface area (Å²) in [6.45, 7) is 3.25. The lowest BCUT2D eigenvalue weighted by Crippen LogP contribution is -2.49. The van der Waals surface area contributed by atoms with Gasteiger partial charge in [0, 0.05) is 25.2 Å². The molecule has 0 aromatic carbocycles. The summed E-state index contributed by atoms with van der Waals surface area (Å²) < 4.78 is 0. The molecule has 0 radical (unpaired) electrons. The fourth-order valence-electron chi connectivity index (χ4n) is 3.36. The first kappa shape index (κ1) is 15.6. The third-order valence-electron chi connectivity index (χ3n) is 4.80. The van der Waals surface area contributed by atoms with Crippen LogP contribution in [-0.2, 0) is 0 Å². The summed E-state index contributed by atoms with van der Waals surface area (Å²) in [6, 6.07) is 0.966. The van der Waals surface area contributed by atoms with Crippen LogP contribution >= 0.6 is 0 Å². The van der Waals surface area contributed by atoms with Crippen molar-refractivity contribution in [1.29, 1.82) is 0 Å². The molecule has 2 atom stereocenters. The summed E-state index contributed by atoms with van der Waals surface area (Å²) in [6.07, 6.45) is 10.1. The van der Waals surface area contributed by atoms with Crippen LogP contribution in [0.15, 0.2) is 0 Å². The number of urea groups is 1. The van der Waals surface area contributed by atoms with Crippen molar-refractivity contribution >= 4 is 6.03 Å². The minimum atomic E-state index is 0.135. The fraction of sp³-hybridized carbons (Fsp3) is 0.938. The first-order chi connectivity index (χ1) is 9.76. The van der Waals surface area contributed by atoms with Gasteiger partial charge in [0.2, 0.25) is 0 Å². The second-order valence-electron chi connectivity index (χ2n) is 6.36. The number of nitrogens with one attached hydrogen (secondary N) is 1. The quantitative estimate of drug-likeness (QED) is 0.705. The van der Waals surface area contributed by atoms with E-state index in [1.807, 2.05) is 4.90 Å². The number of rotatable bonds is 7. The maximum absolute atomic E-state index is 12.5. The Labute approximate surface area is 122 Å². The van der Waals surface area contributed by atoms with Crippen LogP contribution in [0.2, 0.25) is 0 Å². The van der Waals surface area contributed by atoms with Crippen molar-refractivity contribution in [3.8, 4) is 0 Å². The summed E-state index contributed by atoms with van der Waals surface area (Å²) in [5.41, 5.74) is 0. The number of aliphatic hydroxyl groups excluding tert-OH is 1. The summed E-state index contributed by atoms with van der Waals surface area (Å²) in [5, 5.41) is 12.2. The van der Waals surface area contributed by atoms with E-state index in [0.29, 0.717) is 18.0 Å². The second-order valence-corrected chi connectivity index (χ2v) is 6.36. The lowest BCUT2D eigenvalue weighted by atomic mass is 9.83. The zero-order valence-electron chi connectivity index (χ0n) is 12.8. The van der Waals surface area contributed by atoms with Crippen LogP contribution in [-0.4, -0.2) is 41.3 Å². The van der Waals surface area contributed by atoms with Crippen LogP contribution in [0.1, 0.15) is 64.7 Å². The smallest absolute Gasteiger partial charge is 0.317 e. The molecule has 0 bridgehead atoms. The molecule has 0 saturated heterocycles. The monoisotopic (exact) mass is 282 g/mol. The highest BCUT2D eigenvalue weighted by Crippen LogP contribution is 2.29. The van der Waals surface area contributed by atoms with E-state index in [1.54, 1.807) is 0 Å². The zero-order chi connectivity index (χ0) is 14.4. The molecule has 2 amide bonds. The molecule has 2 unspecified atom stereocenters. The Bertz CT molecular complexity index is 305. The Morgan fingerprint density at radius 1 is 1.20 bits per heavy atom. The van der Waals surface area contributed by atoms with Crippen molar-refractivity contribution in [2.75, 3.05) is 13.2 Å². The maximum atomic E-state index is 12.5. The molecule has 20 heavy (non-hydrogen) atoms. The predicted molar refractivity (Wildman–Crippen MR) is 80.6 cm³/mol. The number of hydrogen-bond donors (Lipinski definition) is 2. The van der Waals surface area contributed by atoms with E-state index in [9.17, 15) is 4.79 Å². The Morgan fingerprint density at radius 2 is 1.95 bits per heavy atom. The number of nitrogens with zero attached hydrogens (tertiary/aromatic N) is 1. The SMILES string of the molecule is CCC1CCCCC1NC(=O)N(CCCCO)C1CC1. The van der Waals surface area contributed by atoms with Crippen molar-refractivity contribution in [1.82, 2.24) is 10.2 Å². The number of amides is 2. The van der Waals surface area contributed by atoms with Crippen LogP contribution in [0.3, 0.4) is 0 Å². The summed E-state index contributed by atoms with van der Waals surface area (Å²) in [5.74, 6) is 0.659. The molecule has 2 N–H and O–H groups in total. The number of carbonyl (C=O) groups excluding carboxylic acids is 1. The molecule has 2 rings (SSSR count). The Kier molecular flexibility index (Phi) is 6.14. The molecule has 0 spiro atoms. The van der Waals surface area contributed by atoms with Crippen molar-refractivity contribution in [3.05, 3.63) is 0 Å². The third-order valence-corrected chi connectivity index (χ3v) is 4.80. The topological polar surface area (TPSA) is 52.6 Å². The van der Waals surface area contributed by atoms with Gasteiger partial charge in [0.05, 0.1) is 0 Å². The molecule has 2 aliphatic rings. The molecule has 2 aliphatic carbocycles. The lowest BCUT2D eigenvalue weighted by molar-refractivity contribution is 0.173. The van der Waals surface area contributed by atoms with Gasteiger partial charge in [-0.15, -0.1) is 0 Å². The van der Waals surface area contributed by atoms with Crippen LogP contribution in [0.25, 0.3) is 0 Å². The Morgan fingerprint density at radius 3 is 2.60 bits per heavy atom. The van der Waals surface area contributed by atoms with E-state index < -0.39 is 0 Å². The first-order valence-corrected chi connectivity index (χ1v) is 8.44. The van der Waals surface area contributed by atoms with Gasteiger partial charge < -0.3 is 15.3 Å². The van der Waals surface area contributed by atoms with E-state index in [-0.39, 0.29) is 12.6 Å². The van der Waals surface area contributed by atoms with Gasteiger partial charge >= 0.3 is 6.03 Å². The number of aliphatic hydroxyl groups is 1. The molecule has 0 aromatic rings. The molecule has 0 heterocycles. The van der Waals surface area contributed by atoms with Crippen molar-refractivity contribution in [2.24, 2.45) is 5.92 Å². The average Bonchev–Trinajstić information content (AvgIpc) is 3.28. The van der Waals surface area contributed by atoms with Crippen molar-refractivity contribution < 1.29 is 9.90 Å². The third kappa shape index (κ3) is 4.37. The van der Waals surface area contributed by atoms with E-state index in [2.05, 4.69) is 12.2 Å². The van der Waals surface area contributed by atoms with E-state index in [1.165, 1.54) is 25.7 Å². The fourth-order valence-corrected chi connectivity index (χ4v) is 3.36. The van der Waals surface area contributed by atoms with Crippen LogP contribution in [0.5, 0.6) is 0 Å². The van der Waals surface area contributed by atoms with Gasteiger partial charge in [-0.05, 0) is 44.4 Å². The van der Waals surface area contributed by atoms with Crippen molar-refractivity contribution in [3.63, 3.8) is 0 Å². The minimum Gasteiger partial charge on any atom is -0.396 e. The molecule has 2 saturated carbocycles. The van der Waals surface area contributed by atoms with Gasteiger partial charge in [0.1, 0.15) is 0 Å². The first-order valence-electron chi connectivity index (χ1n) is 8.44. The average molecular weight is 282 g/mol. The lowest BCUT2D eigenvalue weighted by Gasteiger charge is -2.34. The molecule has 116 valence electrons. The predicted octanol–water partition coefficient (Wildman–Crippen LogP) is 2.90. The molecule has 0 aliphatic heterocycles. The highest BCUT2D eigenvalue weighted by atomic mass is 16.3. The molecule has 4 heteroatoms. The van der Waals surface area contributed by atoms with Gasteiger partial charge in [-0.1, -0.05) is 26.2 Å². The van der Waals surface area contributed by atoms with E-state index >= 15 is 0 Å². The Hall–Kier alpha value is -0.770. The van der Waals surface area contributed by atoms with Gasteiger partial charge in [-0.25, -0.2) is 4.79 Å². The molecular formula is C16H30N2O2. The normalized spacial score (nSPS) is 26.3. The maximum Gasteiger partial charge on any atom is 0.317 e. The summed E-state index contributed by atoms with van der Waals surface area (Å²) >= 11 is 0. The highest BCUT2D eigenvalue weighted by Gasteiger charge is 2.34. The van der Waals surface area contributed by atoms with Crippen LogP contribution < -0.4 is 5.32 Å². The number of hydrogen-bond acceptors (Lipinski definition) is 2. The molecule has 2 fully saturated rings. The van der Waals surface area contributed by atoms with Gasteiger partial charge in [0.25, 0.3) is 0 Å². The molecular weight excluding hydrogens is 252 g/mol. The van der Waals surface area contributed by atoms with Gasteiger partial charge in [-0.2, -0.15) is 0 Å². The second kappa shape index (κ2) is 7.87. The largest absolute Gasteiger partial charge is 0.396 e. The van der Waals surface area contributed by atoms with E-state index in [4.69, 9.17) is 5.11 Å². The van der Waals surface area contributed by atoms with Crippen LogP contribution in [0, 0.1) is 5.92 Å². The highest BCUT2D eigenvalue weighted by molar-refractivity contribution is 5.75. The summed E-state index contributed by atoms with van der Waals surface area (Å²) in [7, 11) is 0.